The van der Waals surface area contributed by atoms with E-state index in [1.165, 1.54) is 11.0 Å². The van der Waals surface area contributed by atoms with Crippen LogP contribution in [0.5, 0.6) is 0 Å². The number of nitrogens with zero attached hydrogens (tertiary/aromatic N) is 4. The fourth-order valence-electron chi connectivity index (χ4n) is 5.86. The molecule has 0 aliphatic carbocycles. The standard InChI is InChI=1S/C25H30F3N5O4/c1-15-13-33(16-2-7-30(8-3-16)14-25(28)5-10-31(11-6-25)24(36)37)18-12-17(26)22(21(27)20(15)18)32-9-4-19(34)29-23(32)35/h12-13,16H,2-11,14H2,1H3,(H,36,37)(H,29,34,35). The van der Waals surface area contributed by atoms with Gasteiger partial charge >= 0.3 is 12.1 Å². The maximum Gasteiger partial charge on any atom is 0.407 e. The Hall–Kier alpha value is -3.28. The predicted molar refractivity (Wildman–Crippen MR) is 129 cm³/mol. The molecule has 1 aromatic heterocycles. The normalized spacial score (nSPS) is 21.5. The lowest BCUT2D eigenvalue weighted by molar-refractivity contribution is -0.120. The first-order chi connectivity index (χ1) is 17.6. The fourth-order valence-corrected chi connectivity index (χ4v) is 5.86. The average Bonchev–Trinajstić information content (AvgIpc) is 3.17. The molecule has 4 amide bonds. The molecule has 5 rings (SSSR count). The number of carboxylic acid groups (broad SMARTS) is 1. The Bertz CT molecular complexity index is 1250. The van der Waals surface area contributed by atoms with Crippen molar-refractivity contribution >= 4 is 34.6 Å². The number of hydrogen-bond donors (Lipinski definition) is 2. The highest BCUT2D eigenvalue weighted by Crippen LogP contribution is 2.38. The van der Waals surface area contributed by atoms with E-state index in [1.807, 2.05) is 9.47 Å². The molecule has 12 heteroatoms. The largest absolute Gasteiger partial charge is 0.465 e. The van der Waals surface area contributed by atoms with Crippen LogP contribution in [-0.4, -0.2) is 82.4 Å². The van der Waals surface area contributed by atoms with Gasteiger partial charge in [0.15, 0.2) is 11.6 Å². The van der Waals surface area contributed by atoms with Crippen molar-refractivity contribution in [1.29, 1.82) is 0 Å². The summed E-state index contributed by atoms with van der Waals surface area (Å²) in [6.45, 7) is 3.47. The van der Waals surface area contributed by atoms with Gasteiger partial charge in [-0.3, -0.25) is 15.0 Å². The number of aryl methyl sites for hydroxylation is 1. The summed E-state index contributed by atoms with van der Waals surface area (Å²) in [6, 6.07) is 0.360. The quantitative estimate of drug-likeness (QED) is 0.638. The third-order valence-corrected chi connectivity index (χ3v) is 7.89. The number of likely N-dealkylation sites (tertiary alicyclic amines) is 2. The van der Waals surface area contributed by atoms with Crippen molar-refractivity contribution in [3.8, 4) is 0 Å². The second-order valence-electron chi connectivity index (χ2n) is 10.3. The molecule has 0 saturated carbocycles. The Balaban J connectivity index is 1.31. The lowest BCUT2D eigenvalue weighted by Crippen LogP contribution is -2.50. The minimum absolute atomic E-state index is 0.0302. The van der Waals surface area contributed by atoms with Crippen LogP contribution in [0.1, 0.15) is 43.7 Å². The first kappa shape index (κ1) is 25.4. The zero-order chi connectivity index (χ0) is 26.5. The summed E-state index contributed by atoms with van der Waals surface area (Å²) in [5.74, 6) is -2.19. The first-order valence-corrected chi connectivity index (χ1v) is 12.6. The molecule has 0 bridgehead atoms. The molecular formula is C25H30F3N5O4. The predicted octanol–water partition coefficient (Wildman–Crippen LogP) is 3.79. The van der Waals surface area contributed by atoms with E-state index in [2.05, 4.69) is 5.32 Å². The average molecular weight is 522 g/mol. The number of carbonyl (C=O) groups is 3. The molecule has 3 aliphatic heterocycles. The summed E-state index contributed by atoms with van der Waals surface area (Å²) in [4.78, 5) is 39.0. The van der Waals surface area contributed by atoms with Crippen LogP contribution in [0.15, 0.2) is 12.3 Å². The highest BCUT2D eigenvalue weighted by molar-refractivity contribution is 6.06. The summed E-state index contributed by atoms with van der Waals surface area (Å²) in [6.07, 6.45) is 2.40. The first-order valence-electron chi connectivity index (χ1n) is 12.6. The lowest BCUT2D eigenvalue weighted by atomic mass is 9.91. The van der Waals surface area contributed by atoms with Crippen LogP contribution >= 0.6 is 0 Å². The fraction of sp³-hybridized carbons (Fsp3) is 0.560. The lowest BCUT2D eigenvalue weighted by Gasteiger charge is -2.40. The van der Waals surface area contributed by atoms with Gasteiger partial charge in [0.1, 0.15) is 11.4 Å². The van der Waals surface area contributed by atoms with Crippen molar-refractivity contribution in [2.75, 3.05) is 44.2 Å². The van der Waals surface area contributed by atoms with Crippen molar-refractivity contribution in [3.05, 3.63) is 29.5 Å². The number of aromatic nitrogens is 1. The van der Waals surface area contributed by atoms with Crippen LogP contribution in [0.4, 0.5) is 28.4 Å². The van der Waals surface area contributed by atoms with E-state index in [0.717, 1.165) is 4.90 Å². The monoisotopic (exact) mass is 521 g/mol. The van der Waals surface area contributed by atoms with E-state index in [0.29, 0.717) is 37.0 Å². The van der Waals surface area contributed by atoms with Crippen LogP contribution < -0.4 is 10.2 Å². The van der Waals surface area contributed by atoms with Crippen LogP contribution in [0, 0.1) is 18.6 Å². The SMILES string of the molecule is Cc1cn(C2CCN(CC3(F)CCN(C(=O)O)CC3)CC2)c2cc(F)c(N3CCC(=O)NC3=O)c(F)c12. The van der Waals surface area contributed by atoms with Crippen molar-refractivity contribution in [1.82, 2.24) is 19.7 Å². The van der Waals surface area contributed by atoms with E-state index in [4.69, 9.17) is 5.11 Å². The third-order valence-electron chi connectivity index (χ3n) is 7.89. The maximum atomic E-state index is 15.6. The Morgan fingerprint density at radius 1 is 1.14 bits per heavy atom. The minimum atomic E-state index is -1.43. The van der Waals surface area contributed by atoms with Gasteiger partial charge in [0, 0.05) is 82.2 Å². The minimum Gasteiger partial charge on any atom is -0.465 e. The maximum absolute atomic E-state index is 15.6. The molecule has 37 heavy (non-hydrogen) atoms. The number of hydrogen-bond acceptors (Lipinski definition) is 4. The molecule has 0 atom stereocenters. The molecule has 0 radical (unpaired) electrons. The molecular weight excluding hydrogens is 491 g/mol. The molecule has 0 unspecified atom stereocenters. The molecule has 3 saturated heterocycles. The molecule has 200 valence electrons. The Morgan fingerprint density at radius 3 is 2.43 bits per heavy atom. The molecule has 0 spiro atoms. The number of piperidine rings is 2. The summed E-state index contributed by atoms with van der Waals surface area (Å²) in [5, 5.41) is 11.4. The van der Waals surface area contributed by atoms with Crippen molar-refractivity contribution < 1.29 is 32.7 Å². The molecule has 3 aliphatic rings. The zero-order valence-electron chi connectivity index (χ0n) is 20.6. The van der Waals surface area contributed by atoms with E-state index in [-0.39, 0.29) is 56.9 Å². The van der Waals surface area contributed by atoms with Gasteiger partial charge in [-0.15, -0.1) is 0 Å². The number of benzene rings is 1. The number of amides is 4. The molecule has 1 aromatic carbocycles. The van der Waals surface area contributed by atoms with Gasteiger partial charge in [-0.1, -0.05) is 0 Å². The number of halogens is 3. The summed E-state index contributed by atoms with van der Waals surface area (Å²) in [5.41, 5.74) is -0.886. The number of alkyl halides is 1. The summed E-state index contributed by atoms with van der Waals surface area (Å²) >= 11 is 0. The number of urea groups is 1. The Kier molecular flexibility index (Phi) is 6.55. The van der Waals surface area contributed by atoms with Gasteiger partial charge < -0.3 is 19.5 Å². The Morgan fingerprint density at radius 2 is 1.81 bits per heavy atom. The van der Waals surface area contributed by atoms with E-state index in [1.54, 1.807) is 13.1 Å². The molecule has 9 nitrogen and oxygen atoms in total. The number of nitrogens with one attached hydrogen (secondary N) is 1. The third kappa shape index (κ3) is 4.74. The summed E-state index contributed by atoms with van der Waals surface area (Å²) < 4.78 is 48.0. The Labute approximate surface area is 211 Å². The highest BCUT2D eigenvalue weighted by Gasteiger charge is 2.38. The number of carbonyl (C=O) groups excluding carboxylic acids is 2. The van der Waals surface area contributed by atoms with Gasteiger partial charge in [0.2, 0.25) is 5.91 Å². The second kappa shape index (κ2) is 9.55. The van der Waals surface area contributed by atoms with Crippen LogP contribution in [-0.2, 0) is 4.79 Å². The van der Waals surface area contributed by atoms with Crippen molar-refractivity contribution in [2.45, 2.75) is 50.7 Å². The molecule has 3 fully saturated rings. The van der Waals surface area contributed by atoms with Crippen LogP contribution in [0.3, 0.4) is 0 Å². The van der Waals surface area contributed by atoms with Gasteiger partial charge in [-0.25, -0.2) is 22.8 Å². The van der Waals surface area contributed by atoms with Gasteiger partial charge in [0.25, 0.3) is 0 Å². The smallest absolute Gasteiger partial charge is 0.407 e. The van der Waals surface area contributed by atoms with E-state index < -0.39 is 41.0 Å². The van der Waals surface area contributed by atoms with Crippen molar-refractivity contribution in [3.63, 3.8) is 0 Å². The van der Waals surface area contributed by atoms with Crippen molar-refractivity contribution in [2.24, 2.45) is 0 Å². The number of anilines is 1. The van der Waals surface area contributed by atoms with Crippen LogP contribution in [0.2, 0.25) is 0 Å². The topological polar surface area (TPSA) is 98.1 Å². The summed E-state index contributed by atoms with van der Waals surface area (Å²) in [7, 11) is 0. The zero-order valence-corrected chi connectivity index (χ0v) is 20.6. The van der Waals surface area contributed by atoms with Gasteiger partial charge in [-0.2, -0.15) is 0 Å². The van der Waals surface area contributed by atoms with Gasteiger partial charge in [0.05, 0.1) is 5.52 Å². The molecule has 4 heterocycles. The van der Waals surface area contributed by atoms with E-state index in [9.17, 15) is 14.4 Å². The molecule has 2 N–H and O–H groups in total. The molecule has 2 aromatic rings. The highest BCUT2D eigenvalue weighted by atomic mass is 19.1. The van der Waals surface area contributed by atoms with E-state index >= 15 is 13.2 Å². The second-order valence-corrected chi connectivity index (χ2v) is 10.3. The number of fused-ring (bicyclic) bond motifs is 1. The van der Waals surface area contributed by atoms with Crippen LogP contribution in [0.25, 0.3) is 10.9 Å². The number of rotatable bonds is 4. The van der Waals surface area contributed by atoms with Gasteiger partial charge in [-0.05, 0) is 25.3 Å². The number of imide groups is 1.